The van der Waals surface area contributed by atoms with Crippen molar-refractivity contribution >= 4 is 31.8 Å². The number of halogens is 2. The number of likely N-dealkylation sites (tertiary alicyclic amines) is 2. The summed E-state index contributed by atoms with van der Waals surface area (Å²) in [6, 6.07) is 12.2. The number of nitrogens with one attached hydrogen (secondary N) is 2. The van der Waals surface area contributed by atoms with Crippen LogP contribution in [0.4, 0.5) is 19.3 Å². The molecule has 0 unspecified atom stereocenters. The summed E-state index contributed by atoms with van der Waals surface area (Å²) in [5.74, 6) is -0.456. The molecule has 6 rings (SSSR count). The standard InChI is InChI=1S/C21H27FN4O3S.C15H13FN2O.C6H14N2O2S/c1-13(2)18-8-16(22)9-19(15-6-5-7-23-10-15)20(18)24-21(27)25-30(28,29)17-11-26(12-17)14(3)4;1-10(2)13-6-12(16)7-14(15(13)19-9-17)11-4-3-5-18-8-11;1-5(2)8-3-6(4-8)11(7,9)10/h5-10,13-14,17H,11-12H2,1-4H3,(H2,24,25,27);3-8,10H,1-2H3;5-6H,3-4H2,1-2H3,(H2,7,9,10). The first-order chi connectivity index (χ1) is 28.1. The minimum Gasteiger partial charge on any atom is -0.387 e. The fraction of sp³-hybridized carbons (Fsp3) is 0.429. The van der Waals surface area contributed by atoms with Crippen LogP contribution >= 0.6 is 0 Å². The molecule has 4 aromatic rings. The van der Waals surface area contributed by atoms with E-state index in [1.165, 1.54) is 24.3 Å². The zero-order valence-corrected chi connectivity index (χ0v) is 36.7. The number of amides is 2. The fourth-order valence-corrected chi connectivity index (χ4v) is 8.50. The number of anilines is 1. The molecular weight excluding hydrogens is 815 g/mol. The molecule has 60 heavy (non-hydrogen) atoms. The summed E-state index contributed by atoms with van der Waals surface area (Å²) < 4.78 is 81.7. The number of carbonyl (C=O) groups is 1. The van der Waals surface area contributed by atoms with Gasteiger partial charge < -0.3 is 10.1 Å². The molecule has 0 radical (unpaired) electrons. The molecule has 2 saturated heterocycles. The lowest BCUT2D eigenvalue weighted by molar-refractivity contribution is 0.141. The van der Waals surface area contributed by atoms with Crippen molar-refractivity contribution in [3.63, 3.8) is 0 Å². The predicted octanol–water partition coefficient (Wildman–Crippen LogP) is 6.79. The van der Waals surface area contributed by atoms with E-state index in [1.54, 1.807) is 55.3 Å². The number of urea groups is 1. The maximum absolute atomic E-state index is 14.3. The molecule has 2 aromatic heterocycles. The van der Waals surface area contributed by atoms with Crippen molar-refractivity contribution in [1.29, 1.82) is 5.26 Å². The first-order valence-electron chi connectivity index (χ1n) is 19.5. The average molecular weight is 869 g/mol. The Morgan fingerprint density at radius 2 is 1.25 bits per heavy atom. The molecule has 18 heteroatoms. The second-order valence-corrected chi connectivity index (χ2v) is 19.6. The number of nitrogens with two attached hydrogens (primary N) is 1. The second kappa shape index (κ2) is 20.5. The Bertz CT molecular complexity index is 2350. The molecule has 0 saturated carbocycles. The van der Waals surface area contributed by atoms with Crippen molar-refractivity contribution in [2.75, 3.05) is 31.5 Å². The van der Waals surface area contributed by atoms with Crippen molar-refractivity contribution in [2.24, 2.45) is 5.14 Å². The Hall–Kier alpha value is -5.06. The van der Waals surface area contributed by atoms with Crippen LogP contribution in [0.15, 0.2) is 73.3 Å². The average Bonchev–Trinajstić information content (AvgIpc) is 3.11. The summed E-state index contributed by atoms with van der Waals surface area (Å²) in [7, 11) is -7.09. The van der Waals surface area contributed by atoms with E-state index in [-0.39, 0.29) is 28.9 Å². The van der Waals surface area contributed by atoms with Crippen molar-refractivity contribution in [3.05, 3.63) is 96.1 Å². The van der Waals surface area contributed by atoms with Gasteiger partial charge in [-0.15, -0.1) is 5.26 Å². The zero-order chi connectivity index (χ0) is 44.5. The number of carbonyl (C=O) groups excluding carboxylic acids is 1. The molecule has 0 atom stereocenters. The number of hydrogen-bond acceptors (Lipinski definition) is 11. The summed E-state index contributed by atoms with van der Waals surface area (Å²) in [4.78, 5) is 24.8. The van der Waals surface area contributed by atoms with E-state index < -0.39 is 37.1 Å². The van der Waals surface area contributed by atoms with Crippen LogP contribution < -0.4 is 19.9 Å². The lowest BCUT2D eigenvalue weighted by Gasteiger charge is -2.41. The molecular formula is C42H54F2N8O6S2. The van der Waals surface area contributed by atoms with Crippen LogP contribution in [0.3, 0.4) is 0 Å². The molecule has 2 aliphatic heterocycles. The van der Waals surface area contributed by atoms with Crippen molar-refractivity contribution in [2.45, 2.75) is 89.8 Å². The summed E-state index contributed by atoms with van der Waals surface area (Å²) in [5, 5.41) is 15.4. The predicted molar refractivity (Wildman–Crippen MR) is 229 cm³/mol. The zero-order valence-electron chi connectivity index (χ0n) is 35.1. The molecule has 4 heterocycles. The van der Waals surface area contributed by atoms with Gasteiger partial charge in [0, 0.05) is 90.9 Å². The number of primary sulfonamides is 1. The lowest BCUT2D eigenvalue weighted by atomic mass is 9.94. The topological polar surface area (TPSA) is 201 Å². The Balaban J connectivity index is 0.000000224. The fourth-order valence-electron chi connectivity index (χ4n) is 6.45. The van der Waals surface area contributed by atoms with E-state index >= 15 is 0 Å². The third-order valence-electron chi connectivity index (χ3n) is 10.1. The van der Waals surface area contributed by atoms with Gasteiger partial charge in [-0.25, -0.2) is 40.3 Å². The van der Waals surface area contributed by atoms with Crippen LogP contribution in [0.2, 0.25) is 0 Å². The molecule has 2 aromatic carbocycles. The van der Waals surface area contributed by atoms with E-state index in [9.17, 15) is 30.4 Å². The Kier molecular flexibility index (Phi) is 16.2. The first kappa shape index (κ1) is 47.6. The highest BCUT2D eigenvalue weighted by Gasteiger charge is 2.39. The Morgan fingerprint density at radius 3 is 1.68 bits per heavy atom. The van der Waals surface area contributed by atoms with Crippen LogP contribution in [0.1, 0.15) is 78.4 Å². The van der Waals surface area contributed by atoms with Gasteiger partial charge in [0.05, 0.1) is 5.69 Å². The van der Waals surface area contributed by atoms with Gasteiger partial charge in [-0.1, -0.05) is 39.8 Å². The van der Waals surface area contributed by atoms with Gasteiger partial charge in [-0.2, -0.15) is 0 Å². The van der Waals surface area contributed by atoms with E-state index in [0.29, 0.717) is 77.0 Å². The number of nitrogens with zero attached hydrogens (tertiary/aromatic N) is 5. The number of nitriles is 1. The molecule has 4 N–H and O–H groups in total. The summed E-state index contributed by atoms with van der Waals surface area (Å²) in [5.41, 5.74) is 3.91. The van der Waals surface area contributed by atoms with Crippen LogP contribution in [-0.4, -0.2) is 91.4 Å². The van der Waals surface area contributed by atoms with Gasteiger partial charge in [0.15, 0.2) is 5.75 Å². The van der Waals surface area contributed by atoms with Crippen LogP contribution in [-0.2, 0) is 20.0 Å². The molecule has 0 spiro atoms. The third-order valence-corrected chi connectivity index (χ3v) is 13.0. The molecule has 0 bridgehead atoms. The van der Waals surface area contributed by atoms with E-state index in [2.05, 4.69) is 24.9 Å². The second-order valence-electron chi connectivity index (χ2n) is 15.8. The molecule has 0 aliphatic carbocycles. The van der Waals surface area contributed by atoms with Gasteiger partial charge in [0.2, 0.25) is 20.0 Å². The minimum atomic E-state index is -3.82. The number of sulfonamides is 2. The highest BCUT2D eigenvalue weighted by Crippen LogP contribution is 2.38. The van der Waals surface area contributed by atoms with Gasteiger partial charge in [-0.05, 0) is 81.5 Å². The van der Waals surface area contributed by atoms with Crippen molar-refractivity contribution < 1.29 is 35.1 Å². The number of pyridine rings is 2. The van der Waals surface area contributed by atoms with Crippen LogP contribution in [0, 0.1) is 23.2 Å². The molecule has 2 aliphatic rings. The van der Waals surface area contributed by atoms with E-state index in [1.807, 2.05) is 60.3 Å². The monoisotopic (exact) mass is 868 g/mol. The molecule has 2 fully saturated rings. The quantitative estimate of drug-likeness (QED) is 0.134. The minimum absolute atomic E-state index is 0.0504. The highest BCUT2D eigenvalue weighted by molar-refractivity contribution is 7.90. The Labute approximate surface area is 352 Å². The van der Waals surface area contributed by atoms with Gasteiger partial charge in [-0.3, -0.25) is 19.8 Å². The normalized spacial score (nSPS) is 15.0. The smallest absolute Gasteiger partial charge is 0.332 e. The SMILES string of the molecule is CC(C)N1CC(S(N)(=O)=O)C1.CC(C)c1cc(F)cc(-c2cccnc2)c1NC(=O)NS(=O)(=O)C1CN(C(C)C)C1.CC(C)c1cc(F)cc(-c2cccnc2)c1OC#N. The number of ether oxygens (including phenoxy) is 1. The van der Waals surface area contributed by atoms with E-state index in [4.69, 9.17) is 15.1 Å². The maximum atomic E-state index is 14.3. The first-order valence-corrected chi connectivity index (χ1v) is 22.6. The Morgan fingerprint density at radius 1 is 0.783 bits per heavy atom. The molecule has 2 amide bonds. The number of hydrogen-bond donors (Lipinski definition) is 3. The van der Waals surface area contributed by atoms with Gasteiger partial charge in [0.25, 0.3) is 6.26 Å². The highest BCUT2D eigenvalue weighted by atomic mass is 32.2. The van der Waals surface area contributed by atoms with Crippen LogP contribution in [0.25, 0.3) is 22.3 Å². The largest absolute Gasteiger partial charge is 0.387 e. The van der Waals surface area contributed by atoms with Crippen molar-refractivity contribution in [1.82, 2.24) is 24.5 Å². The number of aromatic nitrogens is 2. The maximum Gasteiger partial charge on any atom is 0.332 e. The molecule has 324 valence electrons. The number of rotatable bonds is 11. The van der Waals surface area contributed by atoms with E-state index in [0.717, 1.165) is 0 Å². The summed E-state index contributed by atoms with van der Waals surface area (Å²) >= 11 is 0. The van der Waals surface area contributed by atoms with Crippen molar-refractivity contribution in [3.8, 4) is 34.3 Å². The summed E-state index contributed by atoms with van der Waals surface area (Å²) in [6.07, 6.45) is 8.07. The third kappa shape index (κ3) is 12.5. The lowest BCUT2D eigenvalue weighted by Crippen LogP contribution is -2.60. The molecule has 14 nitrogen and oxygen atoms in total. The van der Waals surface area contributed by atoms with Gasteiger partial charge in [0.1, 0.15) is 22.1 Å². The summed E-state index contributed by atoms with van der Waals surface area (Å²) in [6.45, 7) is 17.6. The number of benzene rings is 2. The van der Waals surface area contributed by atoms with Crippen LogP contribution in [0.5, 0.6) is 5.75 Å². The van der Waals surface area contributed by atoms with Gasteiger partial charge >= 0.3 is 6.03 Å².